The lowest BCUT2D eigenvalue weighted by molar-refractivity contribution is 0.833. The van der Waals surface area contributed by atoms with E-state index < -0.39 is 8.07 Å². The third-order valence-corrected chi connectivity index (χ3v) is 12.6. The molecule has 1 heterocycles. The van der Waals surface area contributed by atoms with Crippen molar-refractivity contribution in [2.45, 2.75) is 65.1 Å². The minimum atomic E-state index is -1.48. The zero-order valence-corrected chi connectivity index (χ0v) is 13.5. The summed E-state index contributed by atoms with van der Waals surface area (Å²) in [7, 11) is -1.48. The average Bonchev–Trinajstić information content (AvgIpc) is 2.50. The highest BCUT2D eigenvalue weighted by Gasteiger charge is 2.46. The van der Waals surface area contributed by atoms with Gasteiger partial charge in [0.1, 0.15) is 8.07 Å². The summed E-state index contributed by atoms with van der Waals surface area (Å²) in [4.78, 5) is 6.09. The van der Waals surface area contributed by atoms with Gasteiger partial charge in [0.05, 0.1) is 4.63 Å². The first-order chi connectivity index (χ1) is 7.33. The standard InChI is InChI=1S/C13H25NSSi/c1-9(2)16(10(3)4,11(5)6)13-14-8-12(7)15-13/h8-11H,1-7H3. The van der Waals surface area contributed by atoms with Gasteiger partial charge < -0.3 is 0 Å². The van der Waals surface area contributed by atoms with Crippen molar-refractivity contribution in [2.24, 2.45) is 0 Å². The summed E-state index contributed by atoms with van der Waals surface area (Å²) in [5.41, 5.74) is 2.29. The van der Waals surface area contributed by atoms with Crippen LogP contribution in [0.15, 0.2) is 6.20 Å². The van der Waals surface area contributed by atoms with Crippen LogP contribution in [0.2, 0.25) is 16.6 Å². The topological polar surface area (TPSA) is 12.9 Å². The average molecular weight is 256 g/mol. The number of hydrogen-bond acceptors (Lipinski definition) is 2. The molecule has 16 heavy (non-hydrogen) atoms. The van der Waals surface area contributed by atoms with Crippen molar-refractivity contribution < 1.29 is 0 Å². The van der Waals surface area contributed by atoms with E-state index in [1.807, 2.05) is 11.3 Å². The zero-order valence-electron chi connectivity index (χ0n) is 11.7. The minimum absolute atomic E-state index is 0.762. The monoisotopic (exact) mass is 255 g/mol. The van der Waals surface area contributed by atoms with Gasteiger partial charge in [-0.15, -0.1) is 11.3 Å². The number of aromatic nitrogens is 1. The van der Waals surface area contributed by atoms with E-state index in [-0.39, 0.29) is 0 Å². The van der Waals surface area contributed by atoms with E-state index in [0.717, 1.165) is 16.6 Å². The Bertz CT molecular complexity index is 320. The Morgan fingerprint density at radius 3 is 1.69 bits per heavy atom. The molecule has 0 fully saturated rings. The van der Waals surface area contributed by atoms with E-state index in [1.54, 1.807) is 0 Å². The summed E-state index contributed by atoms with van der Waals surface area (Å²) in [5, 5.41) is 0. The Morgan fingerprint density at radius 2 is 1.44 bits per heavy atom. The van der Waals surface area contributed by atoms with Crippen LogP contribution < -0.4 is 4.63 Å². The van der Waals surface area contributed by atoms with Gasteiger partial charge in [-0.2, -0.15) is 0 Å². The lowest BCUT2D eigenvalue weighted by Crippen LogP contribution is -2.55. The lowest BCUT2D eigenvalue weighted by Gasteiger charge is -2.41. The molecule has 0 bridgehead atoms. The maximum Gasteiger partial charge on any atom is 0.131 e. The van der Waals surface area contributed by atoms with Crippen molar-refractivity contribution in [1.82, 2.24) is 4.98 Å². The molecule has 0 saturated heterocycles. The minimum Gasteiger partial charge on any atom is -0.255 e. The van der Waals surface area contributed by atoms with E-state index in [2.05, 4.69) is 54.7 Å². The third kappa shape index (κ3) is 2.12. The molecule has 0 amide bonds. The quantitative estimate of drug-likeness (QED) is 0.730. The fourth-order valence-electron chi connectivity index (χ4n) is 3.30. The molecular formula is C13H25NSSi. The van der Waals surface area contributed by atoms with Crippen LogP contribution in [0.4, 0.5) is 0 Å². The van der Waals surface area contributed by atoms with Crippen molar-refractivity contribution in [2.75, 3.05) is 0 Å². The summed E-state index contributed by atoms with van der Waals surface area (Å²) in [5.74, 6) is 0. The Labute approximate surface area is 105 Å². The SMILES string of the molecule is Cc1cnc([Si](C(C)C)(C(C)C)C(C)C)s1. The van der Waals surface area contributed by atoms with E-state index in [0.29, 0.717) is 0 Å². The molecule has 3 heteroatoms. The van der Waals surface area contributed by atoms with Crippen molar-refractivity contribution in [3.8, 4) is 0 Å². The highest BCUT2D eigenvalue weighted by molar-refractivity contribution is 7.27. The molecule has 0 saturated carbocycles. The summed E-state index contributed by atoms with van der Waals surface area (Å²) >= 11 is 1.93. The van der Waals surface area contributed by atoms with Crippen molar-refractivity contribution in [3.63, 3.8) is 0 Å². The second-order valence-corrected chi connectivity index (χ2v) is 13.1. The Hall–Kier alpha value is -0.153. The van der Waals surface area contributed by atoms with Gasteiger partial charge in [0, 0.05) is 11.1 Å². The van der Waals surface area contributed by atoms with E-state index in [4.69, 9.17) is 4.98 Å². The van der Waals surface area contributed by atoms with Crippen LogP contribution in [0, 0.1) is 6.92 Å². The fraction of sp³-hybridized carbons (Fsp3) is 0.769. The van der Waals surface area contributed by atoms with Gasteiger partial charge in [0.2, 0.25) is 0 Å². The molecule has 0 atom stereocenters. The second kappa shape index (κ2) is 5.01. The van der Waals surface area contributed by atoms with Crippen LogP contribution in [0.5, 0.6) is 0 Å². The van der Waals surface area contributed by atoms with Gasteiger partial charge in [0.15, 0.2) is 0 Å². The molecule has 1 nitrogen and oxygen atoms in total. The van der Waals surface area contributed by atoms with Crippen molar-refractivity contribution >= 4 is 24.0 Å². The number of aryl methyl sites for hydroxylation is 1. The predicted octanol–water partition coefficient (Wildman–Crippen LogP) is 4.34. The van der Waals surface area contributed by atoms with Crippen molar-refractivity contribution in [3.05, 3.63) is 11.1 Å². The van der Waals surface area contributed by atoms with E-state index >= 15 is 0 Å². The molecule has 0 aromatic carbocycles. The molecule has 0 spiro atoms. The smallest absolute Gasteiger partial charge is 0.131 e. The normalized spacial score (nSPS) is 13.1. The molecule has 0 aliphatic carbocycles. The van der Waals surface area contributed by atoms with Crippen molar-refractivity contribution in [1.29, 1.82) is 0 Å². The van der Waals surface area contributed by atoms with Crippen LogP contribution in [0.25, 0.3) is 0 Å². The maximum atomic E-state index is 4.73. The predicted molar refractivity (Wildman–Crippen MR) is 77.5 cm³/mol. The molecule has 0 N–H and O–H groups in total. The molecule has 0 aliphatic heterocycles. The molecule has 0 radical (unpaired) electrons. The first-order valence-corrected chi connectivity index (χ1v) is 9.31. The first kappa shape index (κ1) is 13.9. The van der Waals surface area contributed by atoms with Gasteiger partial charge >= 0.3 is 0 Å². The number of nitrogens with zero attached hydrogens (tertiary/aromatic N) is 1. The molecule has 0 unspecified atom stereocenters. The van der Waals surface area contributed by atoms with Crippen LogP contribution in [-0.2, 0) is 0 Å². The Kier molecular flexibility index (Phi) is 4.35. The number of rotatable bonds is 4. The van der Waals surface area contributed by atoms with Crippen LogP contribution in [-0.4, -0.2) is 13.1 Å². The Balaban J connectivity index is 3.33. The van der Waals surface area contributed by atoms with Crippen LogP contribution in [0.1, 0.15) is 46.4 Å². The number of thiazole rings is 1. The van der Waals surface area contributed by atoms with E-state index in [9.17, 15) is 0 Å². The highest BCUT2D eigenvalue weighted by Crippen LogP contribution is 2.41. The summed E-state index contributed by atoms with van der Waals surface area (Å²) in [6, 6.07) is 0. The molecular weight excluding hydrogens is 230 g/mol. The Morgan fingerprint density at radius 1 is 1.00 bits per heavy atom. The second-order valence-electron chi connectivity index (χ2n) is 5.67. The largest absolute Gasteiger partial charge is 0.255 e. The number of hydrogen-bond donors (Lipinski definition) is 0. The fourth-order valence-corrected chi connectivity index (χ4v) is 12.9. The molecule has 1 aromatic heterocycles. The molecule has 0 aliphatic rings. The third-order valence-electron chi connectivity index (χ3n) is 3.86. The zero-order chi connectivity index (χ0) is 12.5. The van der Waals surface area contributed by atoms with Gasteiger partial charge in [0.25, 0.3) is 0 Å². The highest BCUT2D eigenvalue weighted by atomic mass is 32.1. The lowest BCUT2D eigenvalue weighted by atomic mass is 10.5. The molecule has 1 aromatic rings. The summed E-state index contributed by atoms with van der Waals surface area (Å²) in [6.07, 6.45) is 2.05. The summed E-state index contributed by atoms with van der Waals surface area (Å²) < 4.78 is 1.46. The van der Waals surface area contributed by atoms with Crippen LogP contribution >= 0.6 is 11.3 Å². The maximum absolute atomic E-state index is 4.73. The molecule has 1 rings (SSSR count). The van der Waals surface area contributed by atoms with Gasteiger partial charge in [-0.25, -0.2) is 0 Å². The first-order valence-electron chi connectivity index (χ1n) is 6.26. The van der Waals surface area contributed by atoms with E-state index in [1.165, 1.54) is 9.51 Å². The molecule has 92 valence electrons. The van der Waals surface area contributed by atoms with Crippen LogP contribution in [0.3, 0.4) is 0 Å². The van der Waals surface area contributed by atoms with Gasteiger partial charge in [-0.1, -0.05) is 41.5 Å². The van der Waals surface area contributed by atoms with Gasteiger partial charge in [-0.3, -0.25) is 4.98 Å². The van der Waals surface area contributed by atoms with Gasteiger partial charge in [-0.05, 0) is 23.5 Å². The summed E-state index contributed by atoms with van der Waals surface area (Å²) in [6.45, 7) is 16.5.